The molecule has 1 amide bonds. The van der Waals surface area contributed by atoms with Gasteiger partial charge in [0.25, 0.3) is 0 Å². The number of aromatic hydroxyl groups is 1. The Morgan fingerprint density at radius 2 is 1.88 bits per heavy atom. The highest BCUT2D eigenvalue weighted by Crippen LogP contribution is 2.67. The van der Waals surface area contributed by atoms with Crippen molar-refractivity contribution in [2.45, 2.75) is 43.8 Å². The van der Waals surface area contributed by atoms with E-state index in [1.807, 2.05) is 19.0 Å². The lowest BCUT2D eigenvalue weighted by molar-refractivity contribution is -0.198. The number of carbonyl (C=O) groups is 1. The third-order valence-corrected chi connectivity index (χ3v) is 6.82. The van der Waals surface area contributed by atoms with Crippen molar-refractivity contribution in [3.8, 4) is 5.75 Å². The molecule has 2 unspecified atom stereocenters. The number of primary amides is 1. The van der Waals surface area contributed by atoms with E-state index in [0.717, 1.165) is 5.56 Å². The molecule has 32 heavy (non-hydrogen) atoms. The molecule has 0 aliphatic heterocycles. The van der Waals surface area contributed by atoms with Crippen LogP contribution in [0.25, 0.3) is 0 Å². The summed E-state index contributed by atoms with van der Waals surface area (Å²) >= 11 is 6.01. The standard InChI is InChI=1S/C23H27ClF3N3O2/c1-30(2)16(11-14-3-4-19(31)18(24)12-14)13-17(21(28)32)20(15-5-9-29-10-6-15)22(7-8-22)23(25,26)27/h3-6,9-10,12,16-17,20,31H,7-8,11,13H2,1-2H3,(H2,28,32)/t16-,17?,20?/m1/s1. The second-order valence-corrected chi connectivity index (χ2v) is 9.17. The number of phenols is 1. The number of alkyl halides is 3. The van der Waals surface area contributed by atoms with Crippen molar-refractivity contribution in [2.75, 3.05) is 14.1 Å². The lowest BCUT2D eigenvalue weighted by atomic mass is 9.71. The average molecular weight is 470 g/mol. The molecule has 5 nitrogen and oxygen atoms in total. The molecule has 2 aromatic rings. The zero-order chi connectivity index (χ0) is 23.7. The van der Waals surface area contributed by atoms with Crippen LogP contribution in [-0.4, -0.2) is 47.2 Å². The summed E-state index contributed by atoms with van der Waals surface area (Å²) < 4.78 is 42.5. The Bertz CT molecular complexity index is 949. The second-order valence-electron chi connectivity index (χ2n) is 8.76. The molecule has 0 radical (unpaired) electrons. The van der Waals surface area contributed by atoms with Crippen molar-refractivity contribution in [1.82, 2.24) is 9.88 Å². The van der Waals surface area contributed by atoms with Crippen molar-refractivity contribution in [3.63, 3.8) is 0 Å². The molecule has 1 aliphatic carbocycles. The predicted octanol–water partition coefficient (Wildman–Crippen LogP) is 4.53. The number of aromatic nitrogens is 1. The fourth-order valence-corrected chi connectivity index (χ4v) is 4.75. The summed E-state index contributed by atoms with van der Waals surface area (Å²) in [5.74, 6) is -2.92. The van der Waals surface area contributed by atoms with Crippen LogP contribution in [-0.2, 0) is 11.2 Å². The number of likely N-dealkylation sites (N-methyl/N-ethyl adjacent to an activating group) is 1. The molecule has 3 rings (SSSR count). The Morgan fingerprint density at radius 3 is 2.34 bits per heavy atom. The normalized spacial score (nSPS) is 18.2. The molecule has 1 aromatic heterocycles. The van der Waals surface area contributed by atoms with Gasteiger partial charge in [0.2, 0.25) is 5.91 Å². The van der Waals surface area contributed by atoms with Crippen LogP contribution >= 0.6 is 11.6 Å². The molecule has 0 saturated heterocycles. The van der Waals surface area contributed by atoms with E-state index in [1.54, 1.807) is 12.1 Å². The van der Waals surface area contributed by atoms with Crippen LogP contribution in [0.1, 0.15) is 36.3 Å². The Hall–Kier alpha value is -2.32. The first-order valence-electron chi connectivity index (χ1n) is 10.4. The summed E-state index contributed by atoms with van der Waals surface area (Å²) in [6.07, 6.45) is -1.07. The van der Waals surface area contributed by atoms with Gasteiger partial charge in [-0.15, -0.1) is 0 Å². The Labute approximate surface area is 190 Å². The zero-order valence-electron chi connectivity index (χ0n) is 17.9. The quantitative estimate of drug-likeness (QED) is 0.565. The third kappa shape index (κ3) is 5.02. The minimum Gasteiger partial charge on any atom is -0.506 e. The fraction of sp³-hybridized carbons (Fsp3) is 0.478. The minimum atomic E-state index is -4.45. The second kappa shape index (κ2) is 9.27. The van der Waals surface area contributed by atoms with Gasteiger partial charge in [-0.2, -0.15) is 13.2 Å². The van der Waals surface area contributed by atoms with Gasteiger partial charge in [0, 0.05) is 30.3 Å². The van der Waals surface area contributed by atoms with E-state index in [9.17, 15) is 23.1 Å². The number of nitrogens with two attached hydrogens (primary N) is 1. The summed E-state index contributed by atoms with van der Waals surface area (Å²) in [7, 11) is 3.62. The van der Waals surface area contributed by atoms with Gasteiger partial charge in [-0.1, -0.05) is 17.7 Å². The number of halogens is 4. The summed E-state index contributed by atoms with van der Waals surface area (Å²) in [5.41, 5.74) is 4.99. The minimum absolute atomic E-state index is 0.0343. The number of hydrogen-bond donors (Lipinski definition) is 2. The maximum absolute atomic E-state index is 14.2. The van der Waals surface area contributed by atoms with E-state index in [4.69, 9.17) is 17.3 Å². The van der Waals surface area contributed by atoms with E-state index in [2.05, 4.69) is 4.98 Å². The molecule has 3 atom stereocenters. The highest BCUT2D eigenvalue weighted by molar-refractivity contribution is 6.32. The lowest BCUT2D eigenvalue weighted by Crippen LogP contribution is -2.43. The topological polar surface area (TPSA) is 79.5 Å². The highest BCUT2D eigenvalue weighted by Gasteiger charge is 2.69. The Morgan fingerprint density at radius 1 is 1.25 bits per heavy atom. The van der Waals surface area contributed by atoms with Crippen LogP contribution in [0.15, 0.2) is 42.7 Å². The average Bonchev–Trinajstić information content (AvgIpc) is 3.52. The molecule has 1 aliphatic rings. The van der Waals surface area contributed by atoms with Crippen molar-refractivity contribution < 1.29 is 23.1 Å². The summed E-state index contributed by atoms with van der Waals surface area (Å²) in [5, 5.41) is 9.85. The SMILES string of the molecule is CN(C)[C@H](Cc1ccc(O)c(Cl)c1)CC(C(N)=O)C(c1ccncc1)C1(C(F)(F)F)CC1. The smallest absolute Gasteiger partial charge is 0.395 e. The highest BCUT2D eigenvalue weighted by atomic mass is 35.5. The number of rotatable bonds is 9. The van der Waals surface area contributed by atoms with Crippen LogP contribution in [0, 0.1) is 11.3 Å². The van der Waals surface area contributed by atoms with Gasteiger partial charge >= 0.3 is 6.18 Å². The molecule has 1 saturated carbocycles. The maximum Gasteiger partial charge on any atom is 0.395 e. The van der Waals surface area contributed by atoms with Crippen LogP contribution in [0.3, 0.4) is 0 Å². The van der Waals surface area contributed by atoms with Gasteiger partial charge < -0.3 is 15.7 Å². The van der Waals surface area contributed by atoms with Gasteiger partial charge in [-0.25, -0.2) is 0 Å². The van der Waals surface area contributed by atoms with Crippen molar-refractivity contribution in [2.24, 2.45) is 17.1 Å². The first-order chi connectivity index (χ1) is 15.0. The summed E-state index contributed by atoms with van der Waals surface area (Å²) in [4.78, 5) is 18.4. The largest absolute Gasteiger partial charge is 0.506 e. The van der Waals surface area contributed by atoms with Crippen LogP contribution in [0.2, 0.25) is 5.02 Å². The van der Waals surface area contributed by atoms with Crippen molar-refractivity contribution >= 4 is 17.5 Å². The lowest BCUT2D eigenvalue weighted by Gasteiger charge is -2.37. The Kier molecular flexibility index (Phi) is 7.05. The number of carbonyl (C=O) groups excluding carboxylic acids is 1. The number of hydrogen-bond acceptors (Lipinski definition) is 4. The molecule has 0 spiro atoms. The van der Waals surface area contributed by atoms with E-state index in [0.29, 0.717) is 12.0 Å². The van der Waals surface area contributed by atoms with Gasteiger partial charge in [-0.05, 0) is 75.2 Å². The summed E-state index contributed by atoms with van der Waals surface area (Å²) in [6, 6.07) is 7.59. The van der Waals surface area contributed by atoms with Crippen LogP contribution < -0.4 is 5.73 Å². The van der Waals surface area contributed by atoms with E-state index in [-0.39, 0.29) is 36.1 Å². The predicted molar refractivity (Wildman–Crippen MR) is 116 cm³/mol. The first-order valence-corrected chi connectivity index (χ1v) is 10.7. The molecule has 3 N–H and O–H groups in total. The van der Waals surface area contributed by atoms with Gasteiger partial charge in [-0.3, -0.25) is 9.78 Å². The molecular weight excluding hydrogens is 443 g/mol. The van der Waals surface area contributed by atoms with E-state index < -0.39 is 29.3 Å². The van der Waals surface area contributed by atoms with Gasteiger partial charge in [0.15, 0.2) is 0 Å². The molecule has 1 aromatic carbocycles. The summed E-state index contributed by atoms with van der Waals surface area (Å²) in [6.45, 7) is 0. The van der Waals surface area contributed by atoms with E-state index in [1.165, 1.54) is 30.6 Å². The monoisotopic (exact) mass is 469 g/mol. The number of benzene rings is 1. The molecule has 174 valence electrons. The first kappa shape index (κ1) is 24.3. The third-order valence-electron chi connectivity index (χ3n) is 6.52. The van der Waals surface area contributed by atoms with E-state index >= 15 is 0 Å². The molecule has 1 heterocycles. The number of amides is 1. The fourth-order valence-electron chi connectivity index (χ4n) is 4.55. The molecule has 9 heteroatoms. The number of phenolic OH excluding ortho intramolecular Hbond substituents is 1. The van der Waals surface area contributed by atoms with Gasteiger partial charge in [0.1, 0.15) is 5.75 Å². The van der Waals surface area contributed by atoms with Gasteiger partial charge in [0.05, 0.1) is 10.4 Å². The number of pyridine rings is 1. The molecular formula is C23H27ClF3N3O2. The van der Waals surface area contributed by atoms with Crippen molar-refractivity contribution in [1.29, 1.82) is 0 Å². The van der Waals surface area contributed by atoms with Crippen LogP contribution in [0.5, 0.6) is 5.75 Å². The zero-order valence-corrected chi connectivity index (χ0v) is 18.7. The number of nitrogens with zero attached hydrogens (tertiary/aromatic N) is 2. The molecule has 1 fully saturated rings. The maximum atomic E-state index is 14.2. The van der Waals surface area contributed by atoms with Crippen molar-refractivity contribution in [3.05, 3.63) is 58.9 Å². The Balaban J connectivity index is 1.97. The molecule has 0 bridgehead atoms. The van der Waals surface area contributed by atoms with Crippen LogP contribution in [0.4, 0.5) is 13.2 Å².